The summed E-state index contributed by atoms with van der Waals surface area (Å²) in [5, 5.41) is 12.3. The number of nitrogens with zero attached hydrogens (tertiary/aromatic N) is 5. The molecule has 0 N–H and O–H groups in total. The van der Waals surface area contributed by atoms with E-state index >= 15 is 0 Å². The molecule has 2 aromatic heterocycles. The van der Waals surface area contributed by atoms with Gasteiger partial charge in [0, 0.05) is 6.20 Å². The predicted octanol–water partition coefficient (Wildman–Crippen LogP) is 3.19. The van der Waals surface area contributed by atoms with E-state index in [1.54, 1.807) is 17.2 Å². The Morgan fingerprint density at radius 2 is 1.75 bits per heavy atom. The highest BCUT2D eigenvalue weighted by molar-refractivity contribution is 5.34. The van der Waals surface area contributed by atoms with E-state index in [4.69, 9.17) is 9.47 Å². The van der Waals surface area contributed by atoms with Crippen molar-refractivity contribution in [2.24, 2.45) is 0 Å². The summed E-state index contributed by atoms with van der Waals surface area (Å²) >= 11 is 0. The van der Waals surface area contributed by atoms with Gasteiger partial charge in [-0.15, -0.1) is 10.2 Å². The van der Waals surface area contributed by atoms with Gasteiger partial charge >= 0.3 is 0 Å². The van der Waals surface area contributed by atoms with E-state index in [1.165, 1.54) is 0 Å². The van der Waals surface area contributed by atoms with Gasteiger partial charge in [0.1, 0.15) is 17.2 Å². The molecule has 0 saturated carbocycles. The minimum Gasteiger partial charge on any atom is -0.485 e. The molecule has 2 heterocycles. The zero-order valence-electron chi connectivity index (χ0n) is 13.9. The van der Waals surface area contributed by atoms with Crippen LogP contribution in [0.5, 0.6) is 17.2 Å². The van der Waals surface area contributed by atoms with Crippen LogP contribution in [0.3, 0.4) is 0 Å². The molecular weight excluding hydrogens is 306 g/mol. The van der Waals surface area contributed by atoms with Crippen LogP contribution >= 0.6 is 0 Å². The third kappa shape index (κ3) is 4.07. The molecule has 7 nitrogen and oxygen atoms in total. The minimum absolute atomic E-state index is 0.198. The zero-order valence-corrected chi connectivity index (χ0v) is 13.9. The van der Waals surface area contributed by atoms with Crippen LogP contribution in [0.1, 0.15) is 26.6 Å². The average Bonchev–Trinajstić information content (AvgIpc) is 3.05. The van der Waals surface area contributed by atoms with Crippen molar-refractivity contribution in [2.75, 3.05) is 0 Å². The van der Waals surface area contributed by atoms with E-state index in [0.717, 1.165) is 0 Å². The summed E-state index contributed by atoms with van der Waals surface area (Å²) in [6.07, 6.45) is 3.36. The maximum atomic E-state index is 5.68. The van der Waals surface area contributed by atoms with E-state index in [2.05, 4.69) is 20.4 Å². The number of hydrogen-bond acceptors (Lipinski definition) is 6. The molecule has 0 radical (unpaired) electrons. The van der Waals surface area contributed by atoms with Crippen molar-refractivity contribution in [3.63, 3.8) is 0 Å². The van der Waals surface area contributed by atoms with Crippen LogP contribution < -0.4 is 9.47 Å². The van der Waals surface area contributed by atoms with Gasteiger partial charge in [-0.25, -0.2) is 0 Å². The lowest BCUT2D eigenvalue weighted by atomic mass is 10.1. The molecule has 3 aromatic rings. The Labute approximate surface area is 140 Å². The highest BCUT2D eigenvalue weighted by Gasteiger charge is 2.17. The maximum absolute atomic E-state index is 5.68. The quantitative estimate of drug-likeness (QED) is 0.717. The Balaban J connectivity index is 1.57. The summed E-state index contributed by atoms with van der Waals surface area (Å²) in [5.74, 6) is 2.66. The highest BCUT2D eigenvalue weighted by Crippen LogP contribution is 2.23. The second kappa shape index (κ2) is 6.66. The third-order valence-corrected chi connectivity index (χ3v) is 3.12. The summed E-state index contributed by atoms with van der Waals surface area (Å²) in [6.45, 7) is 6.31. The number of pyridine rings is 1. The molecule has 124 valence electrons. The third-order valence-electron chi connectivity index (χ3n) is 3.12. The Kier molecular flexibility index (Phi) is 4.41. The van der Waals surface area contributed by atoms with Gasteiger partial charge in [-0.3, -0.25) is 4.98 Å². The molecule has 0 aliphatic heterocycles. The van der Waals surface area contributed by atoms with Crippen molar-refractivity contribution < 1.29 is 9.47 Å². The molecule has 3 rings (SSSR count). The molecule has 0 atom stereocenters. The Morgan fingerprint density at radius 3 is 2.38 bits per heavy atom. The zero-order chi connectivity index (χ0) is 17.0. The lowest BCUT2D eigenvalue weighted by Crippen LogP contribution is -2.24. The van der Waals surface area contributed by atoms with Gasteiger partial charge in [0.05, 0.1) is 11.7 Å². The molecule has 0 amide bonds. The summed E-state index contributed by atoms with van der Waals surface area (Å²) < 4.78 is 11.4. The van der Waals surface area contributed by atoms with Gasteiger partial charge in [-0.05, 0) is 62.4 Å². The molecule has 1 aromatic carbocycles. The van der Waals surface area contributed by atoms with Crippen molar-refractivity contribution in [2.45, 2.75) is 32.9 Å². The normalized spacial score (nSPS) is 11.3. The number of hydrogen-bond donors (Lipinski definition) is 0. The molecule has 0 aliphatic rings. The van der Waals surface area contributed by atoms with E-state index in [-0.39, 0.29) is 12.1 Å². The predicted molar refractivity (Wildman–Crippen MR) is 87.9 cm³/mol. The highest BCUT2D eigenvalue weighted by atomic mass is 16.5. The van der Waals surface area contributed by atoms with Crippen LogP contribution in [0.2, 0.25) is 0 Å². The first-order valence-electron chi connectivity index (χ1n) is 7.61. The van der Waals surface area contributed by atoms with Gasteiger partial charge in [0.15, 0.2) is 6.61 Å². The first-order chi connectivity index (χ1) is 11.5. The Bertz CT molecular complexity index is 779. The summed E-state index contributed by atoms with van der Waals surface area (Å²) in [5.41, 5.74) is -0.198. The topological polar surface area (TPSA) is 75.0 Å². The fourth-order valence-electron chi connectivity index (χ4n) is 1.88. The monoisotopic (exact) mass is 325 g/mol. The van der Waals surface area contributed by atoms with Gasteiger partial charge in [0.2, 0.25) is 5.82 Å². The average molecular weight is 325 g/mol. The molecule has 7 heteroatoms. The van der Waals surface area contributed by atoms with Crippen molar-refractivity contribution in [3.05, 3.63) is 54.6 Å². The fraction of sp³-hybridized carbons (Fsp3) is 0.294. The molecular formula is C17H19N5O2. The molecule has 0 unspecified atom stereocenters. The number of ether oxygens (including phenoxy) is 2. The van der Waals surface area contributed by atoms with Crippen LogP contribution in [0.25, 0.3) is 0 Å². The van der Waals surface area contributed by atoms with Crippen LogP contribution in [-0.2, 0) is 12.1 Å². The van der Waals surface area contributed by atoms with E-state index in [1.807, 2.05) is 57.2 Å². The summed E-state index contributed by atoms with van der Waals surface area (Å²) in [4.78, 5) is 5.59. The summed E-state index contributed by atoms with van der Waals surface area (Å²) in [7, 11) is 0. The van der Waals surface area contributed by atoms with Crippen molar-refractivity contribution in [1.29, 1.82) is 0 Å². The molecule has 0 saturated heterocycles. The van der Waals surface area contributed by atoms with Gasteiger partial charge < -0.3 is 9.47 Å². The molecule has 0 spiro atoms. The van der Waals surface area contributed by atoms with Gasteiger partial charge in [-0.2, -0.15) is 4.80 Å². The van der Waals surface area contributed by atoms with Gasteiger partial charge in [-0.1, -0.05) is 0 Å². The fourth-order valence-corrected chi connectivity index (χ4v) is 1.88. The van der Waals surface area contributed by atoms with Crippen molar-refractivity contribution >= 4 is 0 Å². The van der Waals surface area contributed by atoms with E-state index in [0.29, 0.717) is 23.1 Å². The first kappa shape index (κ1) is 15.9. The molecule has 0 fully saturated rings. The Hall–Kier alpha value is -2.96. The standard InChI is InChI=1S/C17H19N5O2/c1-17(2,3)22-20-16(19-21-22)12-23-13-6-8-14(9-7-13)24-15-5-4-10-18-11-15/h4-11H,12H2,1-3H3. The largest absolute Gasteiger partial charge is 0.485 e. The van der Waals surface area contributed by atoms with Crippen molar-refractivity contribution in [1.82, 2.24) is 25.2 Å². The van der Waals surface area contributed by atoms with E-state index in [9.17, 15) is 0 Å². The Morgan fingerprint density at radius 1 is 1.00 bits per heavy atom. The number of benzene rings is 1. The SMILES string of the molecule is CC(C)(C)n1nnc(COc2ccc(Oc3cccnc3)cc2)n1. The van der Waals surface area contributed by atoms with Crippen LogP contribution in [0, 0.1) is 0 Å². The lowest BCUT2D eigenvalue weighted by molar-refractivity contribution is 0.284. The summed E-state index contributed by atoms with van der Waals surface area (Å²) in [6, 6.07) is 11.0. The maximum Gasteiger partial charge on any atom is 0.212 e. The first-order valence-corrected chi connectivity index (χ1v) is 7.61. The van der Waals surface area contributed by atoms with Gasteiger partial charge in [0.25, 0.3) is 0 Å². The molecule has 24 heavy (non-hydrogen) atoms. The number of tetrazole rings is 1. The molecule has 0 bridgehead atoms. The number of rotatable bonds is 5. The van der Waals surface area contributed by atoms with Crippen LogP contribution in [0.15, 0.2) is 48.8 Å². The second-order valence-corrected chi connectivity index (χ2v) is 6.22. The van der Waals surface area contributed by atoms with Crippen LogP contribution in [-0.4, -0.2) is 25.2 Å². The number of aromatic nitrogens is 5. The van der Waals surface area contributed by atoms with Crippen LogP contribution in [0.4, 0.5) is 0 Å². The lowest BCUT2D eigenvalue weighted by Gasteiger charge is -2.15. The smallest absolute Gasteiger partial charge is 0.212 e. The minimum atomic E-state index is -0.198. The van der Waals surface area contributed by atoms with E-state index < -0.39 is 0 Å². The molecule has 0 aliphatic carbocycles. The second-order valence-electron chi connectivity index (χ2n) is 6.22. The van der Waals surface area contributed by atoms with Crippen molar-refractivity contribution in [3.8, 4) is 17.2 Å².